The largest absolute Gasteiger partial charge is 0.370 e. The average molecular weight is 578 g/mol. The van der Waals surface area contributed by atoms with Gasteiger partial charge in [0.15, 0.2) is 6.29 Å². The zero-order valence-corrected chi connectivity index (χ0v) is 25.3. The molecule has 4 heterocycles. The molecule has 1 atom stereocenters. The number of aromatic amines is 1. The molecule has 0 aliphatic carbocycles. The van der Waals surface area contributed by atoms with Crippen LogP contribution in [0.2, 0.25) is 5.02 Å². The third-order valence-electron chi connectivity index (χ3n) is 8.68. The van der Waals surface area contributed by atoms with Crippen LogP contribution in [0.4, 0.5) is 11.4 Å². The summed E-state index contributed by atoms with van der Waals surface area (Å²) >= 11 is 6.46. The second-order valence-corrected chi connectivity index (χ2v) is 11.9. The maximum atomic E-state index is 9.51. The summed E-state index contributed by atoms with van der Waals surface area (Å²) in [5.41, 5.74) is 4.98. The summed E-state index contributed by atoms with van der Waals surface area (Å²) in [6.45, 7) is 9.84. The Bertz CT molecular complexity index is 1290. The normalized spacial score (nSPS) is 18.4. The molecule has 0 saturated carbocycles. The molecule has 2 aliphatic rings. The van der Waals surface area contributed by atoms with Gasteiger partial charge in [-0.25, -0.2) is 0 Å². The minimum absolute atomic E-state index is 0.0793. The smallest absolute Gasteiger partial charge is 0.160 e. The zero-order chi connectivity index (χ0) is 28.6. The number of pyridine rings is 1. The molecule has 0 unspecified atom stereocenters. The van der Waals surface area contributed by atoms with E-state index < -0.39 is 0 Å². The number of fused-ring (bicyclic) bond motifs is 1. The number of unbranched alkanes of at least 4 members (excludes halogenated alkanes) is 2. The molecule has 0 amide bonds. The third-order valence-corrected chi connectivity index (χ3v) is 9.00. The topological polar surface area (TPSA) is 77.4 Å². The molecule has 8 heteroatoms. The van der Waals surface area contributed by atoms with Crippen LogP contribution in [-0.2, 0) is 9.47 Å². The van der Waals surface area contributed by atoms with Gasteiger partial charge >= 0.3 is 0 Å². The molecule has 7 nitrogen and oxygen atoms in total. The van der Waals surface area contributed by atoms with Gasteiger partial charge in [0.1, 0.15) is 6.07 Å². The fourth-order valence-electron chi connectivity index (χ4n) is 6.25. The first kappa shape index (κ1) is 29.7. The van der Waals surface area contributed by atoms with E-state index in [1.165, 1.54) is 5.69 Å². The lowest BCUT2D eigenvalue weighted by Gasteiger charge is -2.37. The Morgan fingerprint density at radius 3 is 2.44 bits per heavy atom. The van der Waals surface area contributed by atoms with Crippen LogP contribution >= 0.6 is 11.6 Å². The molecule has 0 radical (unpaired) electrons. The lowest BCUT2D eigenvalue weighted by molar-refractivity contribution is -0.177. The Morgan fingerprint density at radius 1 is 1.02 bits per heavy atom. The molecule has 0 spiro atoms. The number of aromatic nitrogens is 2. The number of nitrogens with zero attached hydrogens (tertiary/aromatic N) is 4. The van der Waals surface area contributed by atoms with E-state index in [0.29, 0.717) is 22.4 Å². The predicted molar refractivity (Wildman–Crippen MR) is 167 cm³/mol. The molecule has 220 valence electrons. The number of hydrogen-bond acceptors (Lipinski definition) is 6. The van der Waals surface area contributed by atoms with E-state index >= 15 is 0 Å². The summed E-state index contributed by atoms with van der Waals surface area (Å²) in [5.74, 6) is 0.810. The minimum atomic E-state index is -0.0793. The molecule has 2 fully saturated rings. The Morgan fingerprint density at radius 2 is 1.78 bits per heavy atom. The second kappa shape index (κ2) is 14.4. The number of ether oxygens (including phenoxy) is 2. The maximum absolute atomic E-state index is 9.51. The van der Waals surface area contributed by atoms with Gasteiger partial charge in [0, 0.05) is 68.5 Å². The molecule has 3 aromatic rings. The number of benzene rings is 1. The average Bonchev–Trinajstić information content (AvgIpc) is 3.46. The van der Waals surface area contributed by atoms with Crippen molar-refractivity contribution in [3.05, 3.63) is 52.9 Å². The molecule has 1 N–H and O–H groups in total. The SMILES string of the molecule is CCCCOC(OCCCC)C1CCN(c2ccc([C@H]3CCCN(c4ccc(Cl)c5c(C#N)c[nH]c45)C3)nc2)CC1. The van der Waals surface area contributed by atoms with Gasteiger partial charge < -0.3 is 24.3 Å². The van der Waals surface area contributed by atoms with Gasteiger partial charge in [-0.1, -0.05) is 38.3 Å². The number of nitriles is 1. The molecule has 2 aromatic heterocycles. The van der Waals surface area contributed by atoms with Crippen molar-refractivity contribution in [1.29, 1.82) is 5.26 Å². The van der Waals surface area contributed by atoms with Crippen LogP contribution in [0.1, 0.15) is 82.4 Å². The minimum Gasteiger partial charge on any atom is -0.370 e. The van der Waals surface area contributed by atoms with Crippen molar-refractivity contribution in [2.45, 2.75) is 77.4 Å². The molecular weight excluding hydrogens is 534 g/mol. The van der Waals surface area contributed by atoms with E-state index in [9.17, 15) is 5.26 Å². The Balaban J connectivity index is 1.20. The van der Waals surface area contributed by atoms with Crippen LogP contribution in [0.5, 0.6) is 0 Å². The van der Waals surface area contributed by atoms with Crippen molar-refractivity contribution in [1.82, 2.24) is 9.97 Å². The van der Waals surface area contributed by atoms with Gasteiger partial charge in [-0.05, 0) is 62.8 Å². The standard InChI is InChI=1S/C33H44ClN5O2/c1-3-5-18-40-33(41-19-6-4-2)24-13-16-38(17-14-24)27-9-11-29(36-22-27)25-8-7-15-39(23-25)30-12-10-28(34)31-26(20-35)21-37-32(30)31/h9-12,21-22,24-25,33,37H,3-8,13-19,23H2,1-2H3/t25-/m0/s1. The van der Waals surface area contributed by atoms with Gasteiger partial charge in [-0.3, -0.25) is 4.98 Å². The van der Waals surface area contributed by atoms with Crippen LogP contribution < -0.4 is 9.80 Å². The predicted octanol–water partition coefficient (Wildman–Crippen LogP) is 7.65. The quantitative estimate of drug-likeness (QED) is 0.176. The molecular formula is C33H44ClN5O2. The molecule has 2 saturated heterocycles. The highest BCUT2D eigenvalue weighted by molar-refractivity contribution is 6.36. The lowest BCUT2D eigenvalue weighted by Crippen LogP contribution is -2.40. The van der Waals surface area contributed by atoms with Crippen molar-refractivity contribution in [2.75, 3.05) is 49.2 Å². The van der Waals surface area contributed by atoms with Gasteiger partial charge in [-0.2, -0.15) is 5.26 Å². The highest BCUT2D eigenvalue weighted by atomic mass is 35.5. The van der Waals surface area contributed by atoms with Gasteiger partial charge in [-0.15, -0.1) is 0 Å². The fraction of sp³-hybridized carbons (Fsp3) is 0.576. The van der Waals surface area contributed by atoms with Crippen molar-refractivity contribution >= 4 is 33.9 Å². The highest BCUT2D eigenvalue weighted by Gasteiger charge is 2.29. The van der Waals surface area contributed by atoms with Crippen LogP contribution in [-0.4, -0.2) is 55.7 Å². The van der Waals surface area contributed by atoms with Crippen LogP contribution in [0.25, 0.3) is 10.9 Å². The Kier molecular flexibility index (Phi) is 10.4. The number of H-pyrrole nitrogens is 1. The van der Waals surface area contributed by atoms with Crippen molar-refractivity contribution < 1.29 is 9.47 Å². The first-order chi connectivity index (χ1) is 20.1. The third kappa shape index (κ3) is 6.99. The second-order valence-electron chi connectivity index (χ2n) is 11.5. The summed E-state index contributed by atoms with van der Waals surface area (Å²) in [4.78, 5) is 13.1. The molecule has 2 aliphatic heterocycles. The maximum Gasteiger partial charge on any atom is 0.160 e. The van der Waals surface area contributed by atoms with E-state index in [4.69, 9.17) is 26.1 Å². The van der Waals surface area contributed by atoms with Gasteiger partial charge in [0.05, 0.1) is 33.7 Å². The van der Waals surface area contributed by atoms with E-state index in [1.54, 1.807) is 6.20 Å². The number of halogens is 1. The molecule has 0 bridgehead atoms. The van der Waals surface area contributed by atoms with Crippen LogP contribution in [0.3, 0.4) is 0 Å². The molecule has 41 heavy (non-hydrogen) atoms. The van der Waals surface area contributed by atoms with Crippen molar-refractivity contribution in [2.24, 2.45) is 5.92 Å². The summed E-state index contributed by atoms with van der Waals surface area (Å²) < 4.78 is 12.4. The van der Waals surface area contributed by atoms with Crippen LogP contribution in [0, 0.1) is 17.2 Å². The zero-order valence-electron chi connectivity index (χ0n) is 24.6. The van der Waals surface area contributed by atoms with Crippen molar-refractivity contribution in [3.8, 4) is 6.07 Å². The van der Waals surface area contributed by atoms with E-state index in [1.807, 2.05) is 6.07 Å². The monoisotopic (exact) mass is 577 g/mol. The van der Waals surface area contributed by atoms with E-state index in [-0.39, 0.29) is 6.29 Å². The summed E-state index contributed by atoms with van der Waals surface area (Å²) in [5, 5.41) is 10.9. The van der Waals surface area contributed by atoms with Crippen LogP contribution in [0.15, 0.2) is 36.7 Å². The molecule has 5 rings (SSSR count). The lowest BCUT2D eigenvalue weighted by atomic mass is 9.93. The number of rotatable bonds is 12. The number of piperidine rings is 2. The number of nitrogens with one attached hydrogen (secondary N) is 1. The van der Waals surface area contributed by atoms with E-state index in [0.717, 1.165) is 113 Å². The number of hydrogen-bond donors (Lipinski definition) is 1. The van der Waals surface area contributed by atoms with Gasteiger partial charge in [0.2, 0.25) is 0 Å². The number of anilines is 2. The summed E-state index contributed by atoms with van der Waals surface area (Å²) in [6.07, 6.45) is 12.6. The summed E-state index contributed by atoms with van der Waals surface area (Å²) in [7, 11) is 0. The fourth-order valence-corrected chi connectivity index (χ4v) is 6.50. The first-order valence-corrected chi connectivity index (χ1v) is 15.9. The van der Waals surface area contributed by atoms with Gasteiger partial charge in [0.25, 0.3) is 0 Å². The summed E-state index contributed by atoms with van der Waals surface area (Å²) in [6, 6.07) is 10.7. The van der Waals surface area contributed by atoms with Crippen molar-refractivity contribution in [3.63, 3.8) is 0 Å². The first-order valence-electron chi connectivity index (χ1n) is 15.5. The molecule has 1 aromatic carbocycles. The Labute approximate surface area is 249 Å². The van der Waals surface area contributed by atoms with E-state index in [2.05, 4.69) is 59.1 Å². The highest BCUT2D eigenvalue weighted by Crippen LogP contribution is 2.37. The Hall–Kier alpha value is -2.79.